The van der Waals surface area contributed by atoms with Gasteiger partial charge in [0, 0.05) is 25.3 Å². The van der Waals surface area contributed by atoms with Gasteiger partial charge in [0.25, 0.3) is 0 Å². The quantitative estimate of drug-likeness (QED) is 0.665. The highest BCUT2D eigenvalue weighted by molar-refractivity contribution is 5.79. The van der Waals surface area contributed by atoms with Gasteiger partial charge in [-0.2, -0.15) is 0 Å². The SMILES string of the molecule is O=C(O)C=CCN1CCCCC1CCO. The normalized spacial score (nSPS) is 23.4. The van der Waals surface area contributed by atoms with Crippen molar-refractivity contribution in [3.05, 3.63) is 12.2 Å². The van der Waals surface area contributed by atoms with Crippen LogP contribution in [0.5, 0.6) is 0 Å². The van der Waals surface area contributed by atoms with Crippen molar-refractivity contribution in [1.29, 1.82) is 0 Å². The lowest BCUT2D eigenvalue weighted by molar-refractivity contribution is -0.131. The van der Waals surface area contributed by atoms with Gasteiger partial charge in [0.05, 0.1) is 0 Å². The molecule has 0 bridgehead atoms. The average Bonchev–Trinajstić information content (AvgIpc) is 2.20. The third-order valence-electron chi connectivity index (χ3n) is 2.81. The largest absolute Gasteiger partial charge is 0.478 e. The molecule has 0 saturated carbocycles. The van der Waals surface area contributed by atoms with Crippen LogP contribution in [0.3, 0.4) is 0 Å². The topological polar surface area (TPSA) is 60.8 Å². The molecule has 15 heavy (non-hydrogen) atoms. The molecule has 0 amide bonds. The predicted molar refractivity (Wildman–Crippen MR) is 57.7 cm³/mol. The smallest absolute Gasteiger partial charge is 0.328 e. The zero-order valence-electron chi connectivity index (χ0n) is 8.93. The minimum Gasteiger partial charge on any atom is -0.478 e. The molecule has 4 heteroatoms. The van der Waals surface area contributed by atoms with Gasteiger partial charge in [-0.25, -0.2) is 4.79 Å². The molecule has 1 saturated heterocycles. The van der Waals surface area contributed by atoms with Crippen molar-refractivity contribution in [2.75, 3.05) is 19.7 Å². The summed E-state index contributed by atoms with van der Waals surface area (Å²) in [7, 11) is 0. The van der Waals surface area contributed by atoms with Gasteiger partial charge in [0.1, 0.15) is 0 Å². The number of hydrogen-bond donors (Lipinski definition) is 2. The van der Waals surface area contributed by atoms with E-state index in [1.807, 2.05) is 0 Å². The van der Waals surface area contributed by atoms with Crippen LogP contribution in [-0.2, 0) is 4.79 Å². The summed E-state index contributed by atoms with van der Waals surface area (Å²) in [5.74, 6) is -0.897. The molecule has 0 aromatic carbocycles. The molecule has 1 aliphatic rings. The second-order valence-electron chi connectivity index (χ2n) is 3.90. The third-order valence-corrected chi connectivity index (χ3v) is 2.81. The summed E-state index contributed by atoms with van der Waals surface area (Å²) in [4.78, 5) is 12.6. The van der Waals surface area contributed by atoms with E-state index in [2.05, 4.69) is 4.90 Å². The Morgan fingerprint density at radius 2 is 2.27 bits per heavy atom. The van der Waals surface area contributed by atoms with Crippen molar-refractivity contribution < 1.29 is 15.0 Å². The number of aliphatic carboxylic acids is 1. The molecule has 0 radical (unpaired) electrons. The van der Waals surface area contributed by atoms with E-state index in [0.717, 1.165) is 19.4 Å². The Bertz CT molecular complexity index is 226. The summed E-state index contributed by atoms with van der Waals surface area (Å²) < 4.78 is 0. The average molecular weight is 213 g/mol. The number of hydrogen-bond acceptors (Lipinski definition) is 3. The monoisotopic (exact) mass is 213 g/mol. The highest BCUT2D eigenvalue weighted by Gasteiger charge is 2.20. The Hall–Kier alpha value is -0.870. The second kappa shape index (κ2) is 6.58. The van der Waals surface area contributed by atoms with Crippen LogP contribution < -0.4 is 0 Å². The van der Waals surface area contributed by atoms with Gasteiger partial charge in [-0.3, -0.25) is 4.90 Å². The molecule has 86 valence electrons. The van der Waals surface area contributed by atoms with E-state index in [1.54, 1.807) is 6.08 Å². The lowest BCUT2D eigenvalue weighted by Gasteiger charge is -2.34. The molecular weight excluding hydrogens is 194 g/mol. The van der Waals surface area contributed by atoms with Crippen molar-refractivity contribution in [1.82, 2.24) is 4.90 Å². The van der Waals surface area contributed by atoms with Gasteiger partial charge in [0.15, 0.2) is 0 Å². The van der Waals surface area contributed by atoms with Crippen LogP contribution in [0.4, 0.5) is 0 Å². The number of carboxylic acids is 1. The van der Waals surface area contributed by atoms with Crippen LogP contribution in [0.25, 0.3) is 0 Å². The molecule has 1 rings (SSSR count). The van der Waals surface area contributed by atoms with E-state index in [1.165, 1.54) is 18.9 Å². The zero-order valence-corrected chi connectivity index (χ0v) is 8.93. The predicted octanol–water partition coefficient (Wildman–Crippen LogP) is 0.864. The van der Waals surface area contributed by atoms with Crippen LogP contribution in [-0.4, -0.2) is 46.8 Å². The highest BCUT2D eigenvalue weighted by atomic mass is 16.4. The first kappa shape index (κ1) is 12.2. The maximum atomic E-state index is 10.3. The van der Waals surface area contributed by atoms with Crippen molar-refractivity contribution in [3.63, 3.8) is 0 Å². The molecule has 0 aromatic rings. The molecule has 1 atom stereocenters. The summed E-state index contributed by atoms with van der Waals surface area (Å²) >= 11 is 0. The van der Waals surface area contributed by atoms with E-state index < -0.39 is 5.97 Å². The number of nitrogens with zero attached hydrogens (tertiary/aromatic N) is 1. The number of aliphatic hydroxyl groups is 1. The van der Waals surface area contributed by atoms with Gasteiger partial charge in [-0.1, -0.05) is 12.5 Å². The molecule has 0 aliphatic carbocycles. The minimum absolute atomic E-state index is 0.212. The summed E-state index contributed by atoms with van der Waals surface area (Å²) in [5, 5.41) is 17.4. The lowest BCUT2D eigenvalue weighted by Crippen LogP contribution is -2.40. The van der Waals surface area contributed by atoms with Gasteiger partial charge < -0.3 is 10.2 Å². The van der Waals surface area contributed by atoms with Crippen LogP contribution >= 0.6 is 0 Å². The van der Waals surface area contributed by atoms with Crippen molar-refractivity contribution >= 4 is 5.97 Å². The molecule has 4 nitrogen and oxygen atoms in total. The first-order valence-electron chi connectivity index (χ1n) is 5.48. The minimum atomic E-state index is -0.897. The van der Waals surface area contributed by atoms with E-state index in [4.69, 9.17) is 10.2 Å². The third kappa shape index (κ3) is 4.44. The second-order valence-corrected chi connectivity index (χ2v) is 3.90. The van der Waals surface area contributed by atoms with Crippen molar-refractivity contribution in [2.24, 2.45) is 0 Å². The van der Waals surface area contributed by atoms with Crippen LogP contribution in [0.2, 0.25) is 0 Å². The Balaban J connectivity index is 2.38. The van der Waals surface area contributed by atoms with E-state index in [-0.39, 0.29) is 6.61 Å². The number of carboxylic acid groups (broad SMARTS) is 1. The fourth-order valence-corrected chi connectivity index (χ4v) is 2.07. The molecule has 1 heterocycles. The fourth-order valence-electron chi connectivity index (χ4n) is 2.07. The molecule has 1 unspecified atom stereocenters. The van der Waals surface area contributed by atoms with E-state index in [0.29, 0.717) is 12.6 Å². The van der Waals surface area contributed by atoms with Crippen molar-refractivity contribution in [3.8, 4) is 0 Å². The fraction of sp³-hybridized carbons (Fsp3) is 0.727. The highest BCUT2D eigenvalue weighted by Crippen LogP contribution is 2.18. The first-order chi connectivity index (χ1) is 7.24. The lowest BCUT2D eigenvalue weighted by atomic mass is 10.00. The Morgan fingerprint density at radius 1 is 1.47 bits per heavy atom. The van der Waals surface area contributed by atoms with Gasteiger partial charge >= 0.3 is 5.97 Å². The van der Waals surface area contributed by atoms with Gasteiger partial charge in [-0.15, -0.1) is 0 Å². The van der Waals surface area contributed by atoms with E-state index in [9.17, 15) is 4.79 Å². The van der Waals surface area contributed by atoms with E-state index >= 15 is 0 Å². The Kier molecular flexibility index (Phi) is 5.36. The summed E-state index contributed by atoms with van der Waals surface area (Å²) in [6.45, 7) is 1.90. The molecule has 2 N–H and O–H groups in total. The number of carbonyl (C=O) groups is 1. The molecule has 0 spiro atoms. The van der Waals surface area contributed by atoms with Gasteiger partial charge in [-0.05, 0) is 25.8 Å². The summed E-state index contributed by atoms with van der Waals surface area (Å²) in [6, 6.07) is 0.419. The van der Waals surface area contributed by atoms with Gasteiger partial charge in [0.2, 0.25) is 0 Å². The molecule has 0 aromatic heterocycles. The Morgan fingerprint density at radius 3 is 2.93 bits per heavy atom. The maximum absolute atomic E-state index is 10.3. The van der Waals surface area contributed by atoms with Crippen molar-refractivity contribution in [2.45, 2.75) is 31.7 Å². The van der Waals surface area contributed by atoms with Crippen LogP contribution in [0, 0.1) is 0 Å². The van der Waals surface area contributed by atoms with Crippen LogP contribution in [0.1, 0.15) is 25.7 Å². The standard InChI is InChI=1S/C11H19NO3/c13-9-6-10-4-1-2-7-12(10)8-3-5-11(14)15/h3,5,10,13H,1-2,4,6-9H2,(H,14,15). The first-order valence-corrected chi connectivity index (χ1v) is 5.48. The summed E-state index contributed by atoms with van der Waals surface area (Å²) in [5.41, 5.74) is 0. The number of likely N-dealkylation sites (tertiary alicyclic amines) is 1. The number of rotatable bonds is 5. The molecule has 1 aliphatic heterocycles. The van der Waals surface area contributed by atoms with Crippen LogP contribution in [0.15, 0.2) is 12.2 Å². The number of aliphatic hydroxyl groups excluding tert-OH is 1. The number of piperidine rings is 1. The zero-order chi connectivity index (χ0) is 11.1. The molecule has 1 fully saturated rings. The molecular formula is C11H19NO3. The maximum Gasteiger partial charge on any atom is 0.328 e. The summed E-state index contributed by atoms with van der Waals surface area (Å²) in [6.07, 6.45) is 7.15. The Labute approximate surface area is 90.2 Å².